The third kappa shape index (κ3) is 4.90. The number of methoxy groups -OCH3 is 2. The molecular weight excluding hydrogens is 522 g/mol. The van der Waals surface area contributed by atoms with Crippen LogP contribution in [0.15, 0.2) is 83.8 Å². The Morgan fingerprint density at radius 3 is 2.38 bits per heavy atom. The van der Waals surface area contributed by atoms with Gasteiger partial charge in [0, 0.05) is 17.3 Å². The molecule has 3 heterocycles. The Balaban J connectivity index is 1.37. The van der Waals surface area contributed by atoms with Crippen LogP contribution in [0.1, 0.15) is 22.5 Å². The van der Waals surface area contributed by atoms with E-state index in [9.17, 15) is 4.79 Å². The molecule has 8 nitrogen and oxygen atoms in total. The Hall–Kier alpha value is -5.02. The number of aryl methyl sites for hydroxylation is 1. The van der Waals surface area contributed by atoms with Gasteiger partial charge in [-0.3, -0.25) is 4.79 Å². The molecular formula is C31H25N5O3S. The number of para-hydroxylation sites is 1. The largest absolute Gasteiger partial charge is 0.493 e. The summed E-state index contributed by atoms with van der Waals surface area (Å²) in [6.45, 7) is 2.05. The Morgan fingerprint density at radius 1 is 0.875 bits per heavy atom. The van der Waals surface area contributed by atoms with Crippen molar-refractivity contribution >= 4 is 34.5 Å². The molecule has 0 aliphatic carbocycles. The van der Waals surface area contributed by atoms with Gasteiger partial charge in [-0.15, -0.1) is 5.10 Å². The van der Waals surface area contributed by atoms with Gasteiger partial charge in [0.1, 0.15) is 0 Å². The number of fused-ring (bicyclic) bond motifs is 1. The highest BCUT2D eigenvalue weighted by molar-refractivity contribution is 7.15. The summed E-state index contributed by atoms with van der Waals surface area (Å²) in [7, 11) is 3.19. The molecule has 6 aromatic rings. The van der Waals surface area contributed by atoms with E-state index in [1.807, 2.05) is 83.7 Å². The molecule has 0 amide bonds. The summed E-state index contributed by atoms with van der Waals surface area (Å²) in [5.41, 5.74) is 5.38. The molecule has 0 radical (unpaired) electrons. The first-order chi connectivity index (χ1) is 19.5. The minimum Gasteiger partial charge on any atom is -0.493 e. The number of hydrogen-bond acceptors (Lipinski definition) is 7. The SMILES string of the molecule is COc1ccc(/C=C/c2nc3s/c(=C\c4cn(-c5ccccc5)nc4-c4ccc(C)cc4)c(=O)n3n2)cc1OC. The van der Waals surface area contributed by atoms with Crippen molar-refractivity contribution in [2.75, 3.05) is 14.2 Å². The fourth-order valence-corrected chi connectivity index (χ4v) is 5.24. The minimum absolute atomic E-state index is 0.222. The highest BCUT2D eigenvalue weighted by Crippen LogP contribution is 2.28. The Bertz CT molecular complexity index is 1950. The van der Waals surface area contributed by atoms with Crippen molar-refractivity contribution in [3.63, 3.8) is 0 Å². The molecule has 0 bridgehead atoms. The van der Waals surface area contributed by atoms with Crippen molar-refractivity contribution in [3.8, 4) is 28.4 Å². The maximum Gasteiger partial charge on any atom is 0.291 e. The Morgan fingerprint density at radius 2 is 1.65 bits per heavy atom. The van der Waals surface area contributed by atoms with Crippen LogP contribution in [-0.2, 0) is 0 Å². The van der Waals surface area contributed by atoms with Crippen LogP contribution in [0.5, 0.6) is 11.5 Å². The molecule has 0 spiro atoms. The minimum atomic E-state index is -0.222. The summed E-state index contributed by atoms with van der Waals surface area (Å²) in [5, 5.41) is 9.29. The van der Waals surface area contributed by atoms with Gasteiger partial charge in [-0.2, -0.15) is 14.6 Å². The van der Waals surface area contributed by atoms with E-state index in [1.54, 1.807) is 20.3 Å². The summed E-state index contributed by atoms with van der Waals surface area (Å²) >= 11 is 1.30. The van der Waals surface area contributed by atoms with Crippen LogP contribution in [-0.4, -0.2) is 38.6 Å². The molecule has 3 aromatic heterocycles. The second kappa shape index (κ2) is 10.6. The van der Waals surface area contributed by atoms with Crippen LogP contribution in [0.2, 0.25) is 0 Å². The summed E-state index contributed by atoms with van der Waals surface area (Å²) in [6.07, 6.45) is 7.44. The van der Waals surface area contributed by atoms with Gasteiger partial charge in [0.05, 0.1) is 30.1 Å². The van der Waals surface area contributed by atoms with Gasteiger partial charge in [0.2, 0.25) is 4.96 Å². The maximum atomic E-state index is 13.3. The van der Waals surface area contributed by atoms with E-state index in [0.717, 1.165) is 28.1 Å². The number of benzene rings is 3. The first-order valence-corrected chi connectivity index (χ1v) is 13.4. The summed E-state index contributed by atoms with van der Waals surface area (Å²) in [5.74, 6) is 1.73. The van der Waals surface area contributed by atoms with Gasteiger partial charge in [-0.05, 0) is 48.9 Å². The normalized spacial score (nSPS) is 12.0. The fraction of sp³-hybridized carbons (Fsp3) is 0.0968. The molecule has 0 aliphatic heterocycles. The molecule has 0 N–H and O–H groups in total. The number of rotatable bonds is 7. The smallest absolute Gasteiger partial charge is 0.291 e. The predicted molar refractivity (Wildman–Crippen MR) is 158 cm³/mol. The van der Waals surface area contributed by atoms with Crippen molar-refractivity contribution in [1.29, 1.82) is 0 Å². The summed E-state index contributed by atoms with van der Waals surface area (Å²) in [4.78, 5) is 18.4. The van der Waals surface area contributed by atoms with Gasteiger partial charge >= 0.3 is 0 Å². The van der Waals surface area contributed by atoms with Crippen LogP contribution in [0.4, 0.5) is 0 Å². The molecule has 0 fully saturated rings. The molecule has 40 heavy (non-hydrogen) atoms. The quantitative estimate of drug-likeness (QED) is 0.278. The Kier molecular flexibility index (Phi) is 6.71. The maximum absolute atomic E-state index is 13.3. The molecule has 198 valence electrons. The van der Waals surface area contributed by atoms with Crippen molar-refractivity contribution in [2.24, 2.45) is 0 Å². The first-order valence-electron chi connectivity index (χ1n) is 12.6. The standard InChI is InChI=1S/C31H25N5O3S/c1-20-9-13-22(14-10-20)29-23(19-35(34-29)24-7-5-4-6-8-24)18-27-30(37)36-31(40-27)32-28(33-36)16-12-21-11-15-25(38-2)26(17-21)39-3/h4-19H,1-3H3/b16-12+,27-18-. The van der Waals surface area contributed by atoms with Gasteiger partial charge in [0.15, 0.2) is 17.3 Å². The zero-order valence-electron chi connectivity index (χ0n) is 22.1. The lowest BCUT2D eigenvalue weighted by Crippen LogP contribution is -2.23. The summed E-state index contributed by atoms with van der Waals surface area (Å²) in [6, 6.07) is 23.7. The average molecular weight is 548 g/mol. The van der Waals surface area contributed by atoms with E-state index in [-0.39, 0.29) is 5.56 Å². The molecule has 0 aliphatic rings. The van der Waals surface area contributed by atoms with Crippen molar-refractivity contribution in [1.82, 2.24) is 24.4 Å². The lowest BCUT2D eigenvalue weighted by atomic mass is 10.1. The number of ether oxygens (including phenoxy) is 2. The van der Waals surface area contributed by atoms with Crippen LogP contribution in [0.3, 0.4) is 0 Å². The average Bonchev–Trinajstić information content (AvgIpc) is 3.67. The predicted octanol–water partition coefficient (Wildman–Crippen LogP) is 5.05. The Labute approximate surface area is 234 Å². The molecule has 9 heteroatoms. The second-order valence-electron chi connectivity index (χ2n) is 9.11. The fourth-order valence-electron chi connectivity index (χ4n) is 4.33. The number of aromatic nitrogens is 5. The number of nitrogens with zero attached hydrogens (tertiary/aromatic N) is 5. The molecule has 0 saturated heterocycles. The molecule has 0 atom stereocenters. The van der Waals surface area contributed by atoms with E-state index in [0.29, 0.717) is 26.8 Å². The third-order valence-corrected chi connectivity index (χ3v) is 7.36. The van der Waals surface area contributed by atoms with Gasteiger partial charge in [0.25, 0.3) is 5.56 Å². The highest BCUT2D eigenvalue weighted by Gasteiger charge is 2.14. The monoisotopic (exact) mass is 547 g/mol. The summed E-state index contributed by atoms with van der Waals surface area (Å²) < 4.78 is 14.4. The van der Waals surface area contributed by atoms with E-state index in [4.69, 9.17) is 14.6 Å². The van der Waals surface area contributed by atoms with Crippen LogP contribution in [0, 0.1) is 6.92 Å². The zero-order chi connectivity index (χ0) is 27.6. The second-order valence-corrected chi connectivity index (χ2v) is 10.1. The first kappa shape index (κ1) is 25.3. The van der Waals surface area contributed by atoms with Crippen LogP contribution >= 0.6 is 11.3 Å². The van der Waals surface area contributed by atoms with E-state index in [1.165, 1.54) is 21.4 Å². The molecule has 0 saturated carbocycles. The van der Waals surface area contributed by atoms with Crippen molar-refractivity contribution < 1.29 is 9.47 Å². The van der Waals surface area contributed by atoms with E-state index >= 15 is 0 Å². The zero-order valence-corrected chi connectivity index (χ0v) is 22.9. The van der Waals surface area contributed by atoms with E-state index < -0.39 is 0 Å². The van der Waals surface area contributed by atoms with Crippen molar-refractivity contribution in [3.05, 3.63) is 116 Å². The van der Waals surface area contributed by atoms with Gasteiger partial charge in [-0.25, -0.2) is 4.68 Å². The highest BCUT2D eigenvalue weighted by atomic mass is 32.1. The van der Waals surface area contributed by atoms with Gasteiger partial charge < -0.3 is 9.47 Å². The molecule has 6 rings (SSSR count). The molecule has 0 unspecified atom stereocenters. The van der Waals surface area contributed by atoms with Crippen molar-refractivity contribution in [2.45, 2.75) is 6.92 Å². The number of thiazole rings is 1. The van der Waals surface area contributed by atoms with Crippen LogP contribution in [0.25, 0.3) is 40.1 Å². The number of hydrogen-bond donors (Lipinski definition) is 0. The topological polar surface area (TPSA) is 83.5 Å². The lowest BCUT2D eigenvalue weighted by Gasteiger charge is -2.07. The van der Waals surface area contributed by atoms with Gasteiger partial charge in [-0.1, -0.05) is 71.5 Å². The molecule has 3 aromatic carbocycles. The third-order valence-electron chi connectivity index (χ3n) is 6.41. The van der Waals surface area contributed by atoms with Crippen LogP contribution < -0.4 is 19.6 Å². The lowest BCUT2D eigenvalue weighted by molar-refractivity contribution is 0.355. The van der Waals surface area contributed by atoms with E-state index in [2.05, 4.69) is 29.1 Å².